The number of aromatic nitrogens is 3. The van der Waals surface area contributed by atoms with E-state index in [-0.39, 0.29) is 70.1 Å². The molecule has 1 fully saturated rings. The molecule has 0 saturated carbocycles. The van der Waals surface area contributed by atoms with Crippen LogP contribution in [0.1, 0.15) is 12.5 Å². The van der Waals surface area contributed by atoms with Crippen LogP contribution in [-0.4, -0.2) is 59.4 Å². The highest BCUT2D eigenvalue weighted by atomic mass is 35.5. The minimum absolute atomic E-state index is 0.0125. The van der Waals surface area contributed by atoms with E-state index in [2.05, 4.69) is 16.5 Å². The lowest BCUT2D eigenvalue weighted by Crippen LogP contribution is -2.54. The minimum Gasteiger partial charge on any atom is -0.350 e. The number of carbonyl (C=O) groups is 1. The minimum atomic E-state index is -4.44. The summed E-state index contributed by atoms with van der Waals surface area (Å²) in [5, 5.41) is 4.91. The van der Waals surface area contributed by atoms with Gasteiger partial charge in [-0.3, -0.25) is 9.36 Å². The summed E-state index contributed by atoms with van der Waals surface area (Å²) in [7, 11) is -4.44. The molecule has 218 valence electrons. The number of fused-ring (bicyclic) bond motifs is 1. The van der Waals surface area contributed by atoms with Gasteiger partial charge >= 0.3 is 5.69 Å². The van der Waals surface area contributed by atoms with E-state index in [1.165, 1.54) is 36.5 Å². The summed E-state index contributed by atoms with van der Waals surface area (Å²) in [5.41, 5.74) is -1.27. The maximum atomic E-state index is 15.9. The van der Waals surface area contributed by atoms with Crippen molar-refractivity contribution in [2.24, 2.45) is 5.14 Å². The third-order valence-electron chi connectivity index (χ3n) is 7.16. The van der Waals surface area contributed by atoms with Gasteiger partial charge < -0.3 is 9.80 Å². The number of hydrogen-bond donors (Lipinski definition) is 1. The first-order chi connectivity index (χ1) is 19.8. The van der Waals surface area contributed by atoms with E-state index in [4.69, 9.17) is 16.7 Å². The molecule has 14 heteroatoms. The molecule has 5 rings (SSSR count). The molecule has 0 aliphatic carbocycles. The Morgan fingerprint density at radius 2 is 1.93 bits per heavy atom. The third-order valence-corrected chi connectivity index (χ3v) is 8.32. The predicted molar refractivity (Wildman–Crippen MR) is 155 cm³/mol. The van der Waals surface area contributed by atoms with E-state index in [0.29, 0.717) is 5.56 Å². The SMILES string of the molecule is C=CC(=O)N1CCN(c2nc(=O)n(-c3c(C)ccnc3S(N)(=O)=O)c3cc(-c4c(F)cccc4Cl)c(F)cc23)[C@@H](C)C1. The zero-order chi connectivity index (χ0) is 30.5. The van der Waals surface area contributed by atoms with Crippen molar-refractivity contribution in [2.75, 3.05) is 24.5 Å². The third kappa shape index (κ3) is 5.03. The van der Waals surface area contributed by atoms with Crippen LogP contribution in [0.2, 0.25) is 5.02 Å². The van der Waals surface area contributed by atoms with Crippen LogP contribution in [0.25, 0.3) is 27.7 Å². The first-order valence-electron chi connectivity index (χ1n) is 12.7. The smallest absolute Gasteiger partial charge is 0.350 e. The molecular weight excluding hydrogens is 590 g/mol. The molecule has 1 aliphatic rings. The van der Waals surface area contributed by atoms with Crippen molar-refractivity contribution >= 4 is 44.3 Å². The van der Waals surface area contributed by atoms with Crippen molar-refractivity contribution in [3.63, 3.8) is 0 Å². The molecule has 1 amide bonds. The number of pyridine rings is 1. The highest BCUT2D eigenvalue weighted by Gasteiger charge is 2.31. The number of nitrogens with zero attached hydrogens (tertiary/aromatic N) is 5. The number of aryl methyl sites for hydroxylation is 1. The van der Waals surface area contributed by atoms with Gasteiger partial charge in [0.2, 0.25) is 5.91 Å². The van der Waals surface area contributed by atoms with Gasteiger partial charge in [0.1, 0.15) is 17.5 Å². The highest BCUT2D eigenvalue weighted by Crippen LogP contribution is 2.38. The fourth-order valence-corrected chi connectivity index (χ4v) is 6.21. The van der Waals surface area contributed by atoms with Gasteiger partial charge in [-0.1, -0.05) is 24.2 Å². The molecule has 2 aromatic heterocycles. The van der Waals surface area contributed by atoms with E-state index in [1.54, 1.807) is 16.7 Å². The van der Waals surface area contributed by atoms with Crippen molar-refractivity contribution in [3.8, 4) is 16.8 Å². The van der Waals surface area contributed by atoms with Crippen molar-refractivity contribution in [3.05, 3.63) is 88.0 Å². The summed E-state index contributed by atoms with van der Waals surface area (Å²) in [6.07, 6.45) is 2.44. The van der Waals surface area contributed by atoms with Gasteiger partial charge in [-0.15, -0.1) is 0 Å². The molecule has 0 unspecified atom stereocenters. The second kappa shape index (κ2) is 10.9. The molecule has 0 bridgehead atoms. The number of halogens is 3. The van der Waals surface area contributed by atoms with E-state index in [1.807, 2.05) is 6.92 Å². The van der Waals surface area contributed by atoms with Crippen molar-refractivity contribution in [2.45, 2.75) is 24.9 Å². The van der Waals surface area contributed by atoms with Crippen LogP contribution in [0.3, 0.4) is 0 Å². The maximum absolute atomic E-state index is 15.9. The fraction of sp³-hybridized carbons (Fsp3) is 0.214. The monoisotopic (exact) mass is 614 g/mol. The number of rotatable bonds is 5. The van der Waals surface area contributed by atoms with Gasteiger partial charge in [-0.05, 0) is 55.8 Å². The van der Waals surface area contributed by atoms with E-state index in [0.717, 1.165) is 16.7 Å². The number of nitrogens with two attached hydrogens (primary N) is 1. The number of benzene rings is 2. The van der Waals surface area contributed by atoms with Gasteiger partial charge in [0.05, 0.1) is 16.2 Å². The van der Waals surface area contributed by atoms with E-state index in [9.17, 15) is 22.4 Å². The summed E-state index contributed by atoms with van der Waals surface area (Å²) in [5.74, 6) is -1.81. The van der Waals surface area contributed by atoms with Gasteiger partial charge in [0.15, 0.2) is 5.03 Å². The lowest BCUT2D eigenvalue weighted by atomic mass is 10.0. The Bertz CT molecular complexity index is 1930. The summed E-state index contributed by atoms with van der Waals surface area (Å²) in [4.78, 5) is 37.5. The molecule has 2 aromatic carbocycles. The molecule has 4 aromatic rings. The summed E-state index contributed by atoms with van der Waals surface area (Å²) in [6.45, 7) is 7.70. The second-order valence-electron chi connectivity index (χ2n) is 9.86. The number of anilines is 1. The van der Waals surface area contributed by atoms with Gasteiger partial charge in [-0.2, -0.15) is 4.98 Å². The lowest BCUT2D eigenvalue weighted by Gasteiger charge is -2.40. The number of carbonyl (C=O) groups excluding carboxylic acids is 1. The van der Waals surface area contributed by atoms with Crippen LogP contribution in [0.15, 0.2) is 65.1 Å². The van der Waals surface area contributed by atoms with E-state index < -0.39 is 32.4 Å². The zero-order valence-electron chi connectivity index (χ0n) is 22.5. The fourth-order valence-electron chi connectivity index (χ4n) is 5.22. The van der Waals surface area contributed by atoms with Crippen LogP contribution < -0.4 is 15.7 Å². The number of primary sulfonamides is 1. The topological polar surface area (TPSA) is 131 Å². The maximum Gasteiger partial charge on any atom is 0.354 e. The van der Waals surface area contributed by atoms with Gasteiger partial charge in [0.25, 0.3) is 10.0 Å². The second-order valence-corrected chi connectivity index (χ2v) is 11.7. The Hall–Kier alpha value is -4.20. The zero-order valence-corrected chi connectivity index (χ0v) is 24.1. The normalized spacial score (nSPS) is 15.7. The molecule has 42 heavy (non-hydrogen) atoms. The first kappa shape index (κ1) is 29.3. The molecule has 10 nitrogen and oxygen atoms in total. The number of piperazine rings is 1. The lowest BCUT2D eigenvalue weighted by molar-refractivity contribution is -0.126. The molecule has 3 heterocycles. The number of sulfonamides is 1. The van der Waals surface area contributed by atoms with Crippen molar-refractivity contribution in [1.82, 2.24) is 19.4 Å². The molecule has 1 atom stereocenters. The summed E-state index contributed by atoms with van der Waals surface area (Å²) < 4.78 is 56.9. The van der Waals surface area contributed by atoms with Crippen LogP contribution in [0, 0.1) is 18.6 Å². The quantitative estimate of drug-likeness (QED) is 0.340. The Morgan fingerprint density at radius 1 is 1.19 bits per heavy atom. The molecule has 1 aliphatic heterocycles. The van der Waals surface area contributed by atoms with Crippen molar-refractivity contribution < 1.29 is 22.0 Å². The Morgan fingerprint density at radius 3 is 2.57 bits per heavy atom. The standard InChI is InChI=1S/C28H25ClF2N6O4S/c1-4-23(38)35-10-11-36(16(3)14-35)26-18-12-21(31)17(24-19(29)6-5-7-20(24)30)13-22(18)37(28(39)34-26)25-15(2)8-9-33-27(25)42(32,40)41/h4-9,12-13,16H,1,10-11,14H2,2-3H3,(H2,32,40,41)/t16-/m0/s1. The van der Waals surface area contributed by atoms with Gasteiger partial charge in [0, 0.05) is 48.4 Å². The van der Waals surface area contributed by atoms with Crippen LogP contribution in [0.4, 0.5) is 14.6 Å². The first-order valence-corrected chi connectivity index (χ1v) is 14.6. The Balaban J connectivity index is 1.86. The average molecular weight is 615 g/mol. The highest BCUT2D eigenvalue weighted by molar-refractivity contribution is 7.89. The van der Waals surface area contributed by atoms with Crippen LogP contribution >= 0.6 is 11.6 Å². The molecule has 0 radical (unpaired) electrons. The molecule has 1 saturated heterocycles. The molecule has 2 N–H and O–H groups in total. The number of amides is 1. The summed E-state index contributed by atoms with van der Waals surface area (Å²) >= 11 is 6.27. The molecule has 0 spiro atoms. The average Bonchev–Trinajstić information content (AvgIpc) is 2.92. The summed E-state index contributed by atoms with van der Waals surface area (Å²) in [6, 6.07) is 7.33. The molecular formula is C28H25ClF2N6O4S. The van der Waals surface area contributed by atoms with Crippen LogP contribution in [-0.2, 0) is 14.8 Å². The Kier molecular flexibility index (Phi) is 7.60. The van der Waals surface area contributed by atoms with Crippen LogP contribution in [0.5, 0.6) is 0 Å². The van der Waals surface area contributed by atoms with Crippen molar-refractivity contribution in [1.29, 1.82) is 0 Å². The van der Waals surface area contributed by atoms with E-state index >= 15 is 4.39 Å². The van der Waals surface area contributed by atoms with Gasteiger partial charge in [-0.25, -0.2) is 32.1 Å². The number of hydrogen-bond acceptors (Lipinski definition) is 7. The largest absolute Gasteiger partial charge is 0.354 e. The predicted octanol–water partition coefficient (Wildman–Crippen LogP) is 3.56. The Labute approximate surface area is 244 Å².